The molecular formula is C14H23N3O2S. The van der Waals surface area contributed by atoms with Crippen LogP contribution in [-0.2, 0) is 4.74 Å². The second kappa shape index (κ2) is 6.43. The van der Waals surface area contributed by atoms with Crippen LogP contribution in [0.15, 0.2) is 11.6 Å². The highest BCUT2D eigenvalue weighted by molar-refractivity contribution is 7.13. The van der Waals surface area contributed by atoms with Crippen molar-refractivity contribution in [2.75, 3.05) is 5.32 Å². The zero-order chi connectivity index (χ0) is 14.6. The first-order valence-electron chi connectivity index (χ1n) is 7.08. The fourth-order valence-electron chi connectivity index (χ4n) is 2.33. The fraction of sp³-hybridized carbons (Fsp3) is 0.714. The number of hydrogen-bond donors (Lipinski definition) is 2. The van der Waals surface area contributed by atoms with E-state index in [1.54, 1.807) is 11.3 Å². The highest BCUT2D eigenvalue weighted by Crippen LogP contribution is 2.23. The molecule has 6 heteroatoms. The van der Waals surface area contributed by atoms with Gasteiger partial charge in [0.1, 0.15) is 5.60 Å². The first-order valence-corrected chi connectivity index (χ1v) is 7.96. The average molecular weight is 297 g/mol. The van der Waals surface area contributed by atoms with Crippen molar-refractivity contribution in [1.29, 1.82) is 0 Å². The summed E-state index contributed by atoms with van der Waals surface area (Å²) in [5.74, 6) is 0. The summed E-state index contributed by atoms with van der Waals surface area (Å²) in [5, 5.41) is 9.34. The van der Waals surface area contributed by atoms with Crippen LogP contribution in [0.5, 0.6) is 0 Å². The van der Waals surface area contributed by atoms with Gasteiger partial charge in [-0.1, -0.05) is 0 Å². The van der Waals surface area contributed by atoms with Crippen LogP contribution in [0, 0.1) is 0 Å². The molecule has 112 valence electrons. The third-order valence-electron chi connectivity index (χ3n) is 3.21. The topological polar surface area (TPSA) is 63.2 Å². The van der Waals surface area contributed by atoms with Crippen molar-refractivity contribution in [1.82, 2.24) is 10.3 Å². The number of nitrogens with zero attached hydrogens (tertiary/aromatic N) is 1. The number of thiazole rings is 1. The number of amides is 1. The van der Waals surface area contributed by atoms with E-state index >= 15 is 0 Å². The van der Waals surface area contributed by atoms with Gasteiger partial charge in [0, 0.05) is 23.7 Å². The molecule has 20 heavy (non-hydrogen) atoms. The van der Waals surface area contributed by atoms with Crippen molar-refractivity contribution < 1.29 is 9.53 Å². The molecule has 0 radical (unpaired) electrons. The summed E-state index contributed by atoms with van der Waals surface area (Å²) in [6, 6.07) is 0.678. The summed E-state index contributed by atoms with van der Waals surface area (Å²) in [7, 11) is 0. The highest BCUT2D eigenvalue weighted by Gasteiger charge is 2.24. The lowest BCUT2D eigenvalue weighted by Gasteiger charge is -2.30. The minimum absolute atomic E-state index is 0.221. The molecule has 1 aliphatic rings. The van der Waals surface area contributed by atoms with Crippen LogP contribution >= 0.6 is 11.3 Å². The first-order chi connectivity index (χ1) is 9.42. The minimum atomic E-state index is -0.437. The molecule has 5 nitrogen and oxygen atoms in total. The summed E-state index contributed by atoms with van der Waals surface area (Å²) in [6.45, 7) is 5.63. The summed E-state index contributed by atoms with van der Waals surface area (Å²) >= 11 is 1.62. The Morgan fingerprint density at radius 1 is 1.30 bits per heavy atom. The molecule has 2 rings (SSSR count). The quantitative estimate of drug-likeness (QED) is 0.897. The summed E-state index contributed by atoms with van der Waals surface area (Å²) < 4.78 is 5.28. The Bertz CT molecular complexity index is 420. The molecule has 0 aliphatic heterocycles. The van der Waals surface area contributed by atoms with Gasteiger partial charge in [-0.05, 0) is 46.5 Å². The van der Waals surface area contributed by atoms with E-state index in [4.69, 9.17) is 4.74 Å². The van der Waals surface area contributed by atoms with E-state index in [0.717, 1.165) is 30.8 Å². The molecule has 0 aromatic carbocycles. The Labute approximate surface area is 124 Å². The summed E-state index contributed by atoms with van der Waals surface area (Å²) in [5.41, 5.74) is -0.437. The van der Waals surface area contributed by atoms with E-state index in [1.807, 2.05) is 32.3 Å². The average Bonchev–Trinajstić information content (AvgIpc) is 2.82. The van der Waals surface area contributed by atoms with Gasteiger partial charge in [0.2, 0.25) is 0 Å². The number of hydrogen-bond acceptors (Lipinski definition) is 5. The molecule has 1 aromatic rings. The van der Waals surface area contributed by atoms with E-state index < -0.39 is 5.60 Å². The molecule has 1 aliphatic carbocycles. The van der Waals surface area contributed by atoms with E-state index in [-0.39, 0.29) is 12.1 Å². The van der Waals surface area contributed by atoms with Gasteiger partial charge < -0.3 is 15.4 Å². The number of anilines is 1. The maximum absolute atomic E-state index is 11.7. The maximum Gasteiger partial charge on any atom is 0.407 e. The van der Waals surface area contributed by atoms with Crippen LogP contribution < -0.4 is 10.6 Å². The third kappa shape index (κ3) is 5.00. The van der Waals surface area contributed by atoms with Crippen LogP contribution in [0.4, 0.5) is 9.93 Å². The van der Waals surface area contributed by atoms with Gasteiger partial charge in [-0.3, -0.25) is 0 Å². The molecule has 0 spiro atoms. The second-order valence-corrected chi connectivity index (χ2v) is 7.07. The number of nitrogens with one attached hydrogen (secondary N) is 2. The van der Waals surface area contributed by atoms with Crippen LogP contribution in [0.1, 0.15) is 46.5 Å². The molecule has 0 atom stereocenters. The monoisotopic (exact) mass is 297 g/mol. The van der Waals surface area contributed by atoms with Gasteiger partial charge in [0.25, 0.3) is 0 Å². The van der Waals surface area contributed by atoms with Crippen molar-refractivity contribution in [3.05, 3.63) is 11.6 Å². The van der Waals surface area contributed by atoms with Gasteiger partial charge in [-0.15, -0.1) is 11.3 Å². The normalized spacial score (nSPS) is 23.1. The first kappa shape index (κ1) is 15.1. The minimum Gasteiger partial charge on any atom is -0.444 e. The Kier molecular flexibility index (Phi) is 4.86. The van der Waals surface area contributed by atoms with Crippen molar-refractivity contribution in [2.45, 2.75) is 64.1 Å². The standard InChI is InChI=1S/C14H23N3O2S/c1-14(2,3)19-13(18)17-11-6-4-10(5-7-11)16-12-15-8-9-20-12/h8-11H,4-7H2,1-3H3,(H,15,16)(H,17,18). The third-order valence-corrected chi connectivity index (χ3v) is 3.91. The van der Waals surface area contributed by atoms with Gasteiger partial charge in [-0.25, -0.2) is 9.78 Å². The number of carbonyl (C=O) groups is 1. The van der Waals surface area contributed by atoms with Crippen LogP contribution in [0.2, 0.25) is 0 Å². The van der Waals surface area contributed by atoms with Gasteiger partial charge in [0.05, 0.1) is 0 Å². The van der Waals surface area contributed by atoms with Crippen LogP contribution in [0.3, 0.4) is 0 Å². The van der Waals surface area contributed by atoms with E-state index in [9.17, 15) is 4.79 Å². The molecule has 1 amide bonds. The zero-order valence-electron chi connectivity index (χ0n) is 12.3. The fourth-order valence-corrected chi connectivity index (χ4v) is 2.93. The van der Waals surface area contributed by atoms with E-state index in [0.29, 0.717) is 6.04 Å². The smallest absolute Gasteiger partial charge is 0.407 e. The van der Waals surface area contributed by atoms with E-state index in [1.165, 1.54) is 0 Å². The van der Waals surface area contributed by atoms with Crippen molar-refractivity contribution in [3.63, 3.8) is 0 Å². The number of carbonyl (C=O) groups excluding carboxylic acids is 1. The Balaban J connectivity index is 1.70. The Morgan fingerprint density at radius 2 is 1.95 bits per heavy atom. The summed E-state index contributed by atoms with van der Waals surface area (Å²) in [6.07, 6.45) is 5.53. The Hall–Kier alpha value is -1.30. The van der Waals surface area contributed by atoms with Gasteiger partial charge in [-0.2, -0.15) is 0 Å². The van der Waals surface area contributed by atoms with Crippen LogP contribution in [0.25, 0.3) is 0 Å². The lowest BCUT2D eigenvalue weighted by atomic mass is 9.91. The molecule has 1 heterocycles. The van der Waals surface area contributed by atoms with Crippen LogP contribution in [-0.4, -0.2) is 28.8 Å². The zero-order valence-corrected chi connectivity index (χ0v) is 13.1. The second-order valence-electron chi connectivity index (χ2n) is 6.18. The molecule has 0 bridgehead atoms. The van der Waals surface area contributed by atoms with E-state index in [2.05, 4.69) is 15.6 Å². The molecular weight excluding hydrogens is 274 g/mol. The van der Waals surface area contributed by atoms with Crippen molar-refractivity contribution in [2.24, 2.45) is 0 Å². The molecule has 1 fully saturated rings. The number of alkyl carbamates (subject to hydrolysis) is 1. The number of ether oxygens (including phenoxy) is 1. The molecule has 2 N–H and O–H groups in total. The SMILES string of the molecule is CC(C)(C)OC(=O)NC1CCC(Nc2nccs2)CC1. The van der Waals surface area contributed by atoms with Gasteiger partial charge >= 0.3 is 6.09 Å². The highest BCUT2D eigenvalue weighted by atomic mass is 32.1. The predicted molar refractivity (Wildman–Crippen MR) is 81.2 cm³/mol. The lowest BCUT2D eigenvalue weighted by molar-refractivity contribution is 0.0492. The largest absolute Gasteiger partial charge is 0.444 e. The van der Waals surface area contributed by atoms with Crippen molar-refractivity contribution >= 4 is 22.6 Å². The predicted octanol–water partition coefficient (Wildman–Crippen LogP) is 3.39. The molecule has 1 aromatic heterocycles. The molecule has 1 saturated carbocycles. The lowest BCUT2D eigenvalue weighted by Crippen LogP contribution is -2.42. The maximum atomic E-state index is 11.7. The number of aromatic nitrogens is 1. The molecule has 0 unspecified atom stereocenters. The van der Waals surface area contributed by atoms with Crippen molar-refractivity contribution in [3.8, 4) is 0 Å². The Morgan fingerprint density at radius 3 is 2.50 bits per heavy atom. The summed E-state index contributed by atoms with van der Waals surface area (Å²) in [4.78, 5) is 15.9. The number of rotatable bonds is 3. The molecule has 0 saturated heterocycles. The van der Waals surface area contributed by atoms with Gasteiger partial charge in [0.15, 0.2) is 5.13 Å².